The number of aryl methyl sites for hydroxylation is 2. The van der Waals surface area contributed by atoms with Crippen LogP contribution >= 0.6 is 11.3 Å². The van der Waals surface area contributed by atoms with Crippen LogP contribution in [0.15, 0.2) is 16.9 Å². The molecule has 2 aromatic heterocycles. The molecule has 9 heteroatoms. The Hall–Kier alpha value is -2.94. The standard InChI is InChI=1S/C18H17N3O5S/c1-2-26-12-8-9(7-11(15(12)22)21(24)25)16-19-17(23)14-10-5-3-4-6-13(10)27-18(14)20-16/h7-8,22H,2-6H2,1H3,(H,19,20,23)/p-1. The summed E-state index contributed by atoms with van der Waals surface area (Å²) >= 11 is 1.49. The largest absolute Gasteiger partial charge is 0.865 e. The summed E-state index contributed by atoms with van der Waals surface area (Å²) < 4.78 is 5.24. The van der Waals surface area contributed by atoms with E-state index < -0.39 is 16.4 Å². The van der Waals surface area contributed by atoms with E-state index in [0.29, 0.717) is 10.2 Å². The summed E-state index contributed by atoms with van der Waals surface area (Å²) in [5.41, 5.74) is 0.470. The number of fused-ring (bicyclic) bond motifs is 3. The molecule has 1 N–H and O–H groups in total. The Balaban J connectivity index is 1.92. The van der Waals surface area contributed by atoms with Gasteiger partial charge in [0, 0.05) is 22.3 Å². The van der Waals surface area contributed by atoms with E-state index >= 15 is 0 Å². The molecule has 0 saturated carbocycles. The highest BCUT2D eigenvalue weighted by molar-refractivity contribution is 7.18. The van der Waals surface area contributed by atoms with Crippen LogP contribution in [0.1, 0.15) is 30.2 Å². The Morgan fingerprint density at radius 1 is 1.33 bits per heavy atom. The summed E-state index contributed by atoms with van der Waals surface area (Å²) in [6, 6.07) is 2.51. The predicted octanol–water partition coefficient (Wildman–Crippen LogP) is 2.91. The fourth-order valence-corrected chi connectivity index (χ4v) is 4.69. The molecular formula is C18H16N3O5S-. The van der Waals surface area contributed by atoms with Crippen LogP contribution in [0, 0.1) is 10.1 Å². The number of ether oxygens (including phenoxy) is 1. The quantitative estimate of drug-likeness (QED) is 0.543. The Bertz CT molecular complexity index is 1120. The predicted molar refractivity (Wildman–Crippen MR) is 99.6 cm³/mol. The lowest BCUT2D eigenvalue weighted by atomic mass is 9.97. The molecule has 0 unspecified atom stereocenters. The average molecular weight is 386 g/mol. The second-order valence-electron chi connectivity index (χ2n) is 6.32. The highest BCUT2D eigenvalue weighted by Gasteiger charge is 2.21. The molecule has 140 valence electrons. The first kappa shape index (κ1) is 17.5. The first-order chi connectivity index (χ1) is 13.0. The number of benzene rings is 1. The molecule has 0 aliphatic heterocycles. The molecule has 2 heterocycles. The molecule has 0 bridgehead atoms. The number of nitrogens with one attached hydrogen (secondary N) is 1. The van der Waals surface area contributed by atoms with Crippen LogP contribution in [0.2, 0.25) is 0 Å². The number of nitro groups is 1. The fraction of sp³-hybridized carbons (Fsp3) is 0.333. The van der Waals surface area contributed by atoms with E-state index in [-0.39, 0.29) is 29.3 Å². The van der Waals surface area contributed by atoms with Gasteiger partial charge in [-0.1, -0.05) is 0 Å². The number of nitro benzene ring substituents is 1. The van der Waals surface area contributed by atoms with Crippen LogP contribution in [-0.2, 0) is 12.8 Å². The second kappa shape index (κ2) is 6.66. The lowest BCUT2D eigenvalue weighted by molar-refractivity contribution is -0.398. The Morgan fingerprint density at radius 3 is 2.85 bits per heavy atom. The summed E-state index contributed by atoms with van der Waals surface area (Å²) in [7, 11) is 0. The van der Waals surface area contributed by atoms with Gasteiger partial charge in [-0.05, 0) is 44.2 Å². The van der Waals surface area contributed by atoms with Crippen LogP contribution in [0.4, 0.5) is 5.69 Å². The van der Waals surface area contributed by atoms with Crippen LogP contribution in [-0.4, -0.2) is 21.5 Å². The number of aromatic nitrogens is 2. The fourth-order valence-electron chi connectivity index (χ4n) is 3.42. The van der Waals surface area contributed by atoms with Crippen LogP contribution < -0.4 is 15.4 Å². The second-order valence-corrected chi connectivity index (χ2v) is 7.40. The Labute approximate surface area is 157 Å². The molecule has 0 fully saturated rings. The number of hydrogen-bond acceptors (Lipinski definition) is 7. The summed E-state index contributed by atoms with van der Waals surface area (Å²) in [6.45, 7) is 1.87. The smallest absolute Gasteiger partial charge is 0.266 e. The highest BCUT2D eigenvalue weighted by Crippen LogP contribution is 2.39. The first-order valence-electron chi connectivity index (χ1n) is 8.66. The lowest BCUT2D eigenvalue weighted by Gasteiger charge is -2.15. The number of thiophene rings is 1. The topological polar surface area (TPSA) is 121 Å². The molecule has 1 aromatic carbocycles. The van der Waals surface area contributed by atoms with Crippen molar-refractivity contribution in [3.63, 3.8) is 0 Å². The molecule has 0 amide bonds. The van der Waals surface area contributed by atoms with Gasteiger partial charge in [-0.3, -0.25) is 14.9 Å². The van der Waals surface area contributed by atoms with Gasteiger partial charge in [0.1, 0.15) is 16.4 Å². The summed E-state index contributed by atoms with van der Waals surface area (Å²) in [5, 5.41) is 24.0. The van der Waals surface area contributed by atoms with Gasteiger partial charge in [0.25, 0.3) is 11.2 Å². The molecule has 0 saturated heterocycles. The molecule has 0 spiro atoms. The van der Waals surface area contributed by atoms with Crippen molar-refractivity contribution in [1.82, 2.24) is 9.97 Å². The van der Waals surface area contributed by atoms with Gasteiger partial charge >= 0.3 is 0 Å². The molecule has 27 heavy (non-hydrogen) atoms. The van der Waals surface area contributed by atoms with Gasteiger partial charge in [-0.15, -0.1) is 11.3 Å². The van der Waals surface area contributed by atoms with Gasteiger partial charge < -0.3 is 14.8 Å². The van der Waals surface area contributed by atoms with E-state index in [1.165, 1.54) is 22.3 Å². The Kier molecular flexibility index (Phi) is 4.31. The molecule has 3 aromatic rings. The van der Waals surface area contributed by atoms with E-state index in [9.17, 15) is 20.0 Å². The average Bonchev–Trinajstić information content (AvgIpc) is 3.02. The lowest BCUT2D eigenvalue weighted by Crippen LogP contribution is -2.11. The van der Waals surface area contributed by atoms with Crippen molar-refractivity contribution in [3.05, 3.63) is 43.0 Å². The monoisotopic (exact) mass is 386 g/mol. The number of hydrogen-bond donors (Lipinski definition) is 1. The zero-order valence-corrected chi connectivity index (χ0v) is 15.4. The van der Waals surface area contributed by atoms with E-state index in [0.717, 1.165) is 37.3 Å². The molecule has 1 aliphatic carbocycles. The van der Waals surface area contributed by atoms with Gasteiger partial charge in [-0.2, -0.15) is 0 Å². The van der Waals surface area contributed by atoms with E-state index in [1.807, 2.05) is 0 Å². The summed E-state index contributed by atoms with van der Waals surface area (Å²) in [5.74, 6) is -0.731. The van der Waals surface area contributed by atoms with Crippen molar-refractivity contribution in [3.8, 4) is 22.9 Å². The third-order valence-electron chi connectivity index (χ3n) is 4.63. The minimum atomic E-state index is -0.791. The Morgan fingerprint density at radius 2 is 2.11 bits per heavy atom. The maximum Gasteiger partial charge on any atom is 0.266 e. The minimum Gasteiger partial charge on any atom is -0.865 e. The van der Waals surface area contributed by atoms with Crippen molar-refractivity contribution in [2.45, 2.75) is 32.6 Å². The molecule has 8 nitrogen and oxygen atoms in total. The van der Waals surface area contributed by atoms with Crippen LogP contribution in [0.3, 0.4) is 0 Å². The van der Waals surface area contributed by atoms with Gasteiger partial charge in [-0.25, -0.2) is 4.98 Å². The minimum absolute atomic E-state index is 0.130. The number of aromatic amines is 1. The third kappa shape index (κ3) is 2.93. The summed E-state index contributed by atoms with van der Waals surface area (Å²) in [6.07, 6.45) is 3.95. The van der Waals surface area contributed by atoms with Crippen molar-refractivity contribution in [1.29, 1.82) is 0 Å². The third-order valence-corrected chi connectivity index (χ3v) is 5.82. The summed E-state index contributed by atoms with van der Waals surface area (Å²) in [4.78, 5) is 32.2. The van der Waals surface area contributed by atoms with E-state index in [4.69, 9.17) is 4.74 Å². The van der Waals surface area contributed by atoms with Gasteiger partial charge in [0.15, 0.2) is 0 Å². The van der Waals surface area contributed by atoms with Gasteiger partial charge in [0.2, 0.25) is 0 Å². The molecule has 0 radical (unpaired) electrons. The maximum atomic E-state index is 12.7. The van der Waals surface area contributed by atoms with Crippen molar-refractivity contribution < 1.29 is 14.8 Å². The van der Waals surface area contributed by atoms with Crippen molar-refractivity contribution in [2.24, 2.45) is 0 Å². The van der Waals surface area contributed by atoms with E-state index in [2.05, 4.69) is 9.97 Å². The zero-order valence-electron chi connectivity index (χ0n) is 14.5. The highest BCUT2D eigenvalue weighted by atomic mass is 32.1. The van der Waals surface area contributed by atoms with Crippen LogP contribution in [0.5, 0.6) is 11.5 Å². The SMILES string of the molecule is CCOc1cc(-c2nc3sc4c(c3c(=O)[nH]2)CCCC4)cc([N+](=O)[O-])c1[O-]. The van der Waals surface area contributed by atoms with Crippen molar-refractivity contribution >= 4 is 27.2 Å². The number of rotatable bonds is 4. The number of H-pyrrole nitrogens is 1. The maximum absolute atomic E-state index is 12.7. The zero-order chi connectivity index (χ0) is 19.1. The first-order valence-corrected chi connectivity index (χ1v) is 9.48. The van der Waals surface area contributed by atoms with Gasteiger partial charge in [0.05, 0.1) is 16.9 Å². The molecule has 0 atom stereocenters. The molecule has 1 aliphatic rings. The van der Waals surface area contributed by atoms with Crippen molar-refractivity contribution in [2.75, 3.05) is 6.61 Å². The molecular weight excluding hydrogens is 370 g/mol. The van der Waals surface area contributed by atoms with E-state index in [1.54, 1.807) is 6.92 Å². The normalized spacial score (nSPS) is 13.5. The molecule has 4 rings (SSSR count). The van der Waals surface area contributed by atoms with Crippen LogP contribution in [0.25, 0.3) is 21.6 Å². The number of nitrogens with zero attached hydrogens (tertiary/aromatic N) is 2.